The molecule has 0 N–H and O–H groups in total. The first-order valence-electron chi connectivity index (χ1n) is 9.81. The zero-order valence-electron chi connectivity index (χ0n) is 15.6. The molecule has 9 atom stereocenters. The van der Waals surface area contributed by atoms with Crippen LogP contribution in [-0.2, 0) is 0 Å². The predicted octanol–water partition coefficient (Wildman–Crippen LogP) is 6.40. The molecule has 3 fully saturated rings. The van der Waals surface area contributed by atoms with Gasteiger partial charge in [0, 0.05) is 0 Å². The first-order valence-corrected chi connectivity index (χ1v) is 9.81. The Bertz CT molecular complexity index is 399. The monoisotopic (exact) mass is 290 g/mol. The van der Waals surface area contributed by atoms with Crippen LogP contribution in [0.4, 0.5) is 0 Å². The normalized spacial score (nSPS) is 59.3. The van der Waals surface area contributed by atoms with E-state index in [1.807, 2.05) is 0 Å². The van der Waals surface area contributed by atoms with E-state index in [1.165, 1.54) is 32.1 Å². The summed E-state index contributed by atoms with van der Waals surface area (Å²) in [6.45, 7) is 17.8. The van der Waals surface area contributed by atoms with Crippen LogP contribution in [0.25, 0.3) is 0 Å². The van der Waals surface area contributed by atoms with Crippen molar-refractivity contribution in [3.8, 4) is 0 Å². The fraction of sp³-hybridized carbons (Fsp3) is 1.00. The molecule has 0 aliphatic heterocycles. The highest BCUT2D eigenvalue weighted by molar-refractivity contribution is 5.14. The maximum Gasteiger partial charge on any atom is -0.0264 e. The van der Waals surface area contributed by atoms with E-state index in [-0.39, 0.29) is 0 Å². The molecule has 21 heavy (non-hydrogen) atoms. The smallest absolute Gasteiger partial charge is 0.0264 e. The second kappa shape index (κ2) is 5.00. The lowest BCUT2D eigenvalue weighted by molar-refractivity contribution is 0.00439. The van der Waals surface area contributed by atoms with Crippen LogP contribution in [0.15, 0.2) is 0 Å². The summed E-state index contributed by atoms with van der Waals surface area (Å²) in [4.78, 5) is 0. The molecule has 3 aliphatic carbocycles. The molecule has 0 aromatic heterocycles. The first-order chi connectivity index (χ1) is 9.81. The van der Waals surface area contributed by atoms with Gasteiger partial charge in [-0.15, -0.1) is 0 Å². The van der Waals surface area contributed by atoms with Gasteiger partial charge >= 0.3 is 0 Å². The molecule has 2 bridgehead atoms. The van der Waals surface area contributed by atoms with Gasteiger partial charge in [0.15, 0.2) is 0 Å². The van der Waals surface area contributed by atoms with Crippen molar-refractivity contribution < 1.29 is 0 Å². The molecule has 0 aromatic carbocycles. The topological polar surface area (TPSA) is 0 Å². The minimum atomic E-state index is 0.645. The van der Waals surface area contributed by atoms with Gasteiger partial charge in [0.05, 0.1) is 0 Å². The van der Waals surface area contributed by atoms with Crippen molar-refractivity contribution in [2.45, 2.75) is 80.6 Å². The molecule has 0 spiro atoms. The van der Waals surface area contributed by atoms with Gasteiger partial charge in [-0.05, 0) is 71.5 Å². The van der Waals surface area contributed by atoms with Crippen molar-refractivity contribution in [1.29, 1.82) is 0 Å². The molecular formula is C21H38. The second-order valence-corrected chi connectivity index (χ2v) is 9.62. The molecule has 0 radical (unpaired) electrons. The lowest BCUT2D eigenvalue weighted by Gasteiger charge is -2.48. The zero-order valence-corrected chi connectivity index (χ0v) is 15.6. The Labute approximate surface area is 133 Å². The van der Waals surface area contributed by atoms with Crippen molar-refractivity contribution in [1.82, 2.24) is 0 Å². The number of fused-ring (bicyclic) bond motifs is 2. The molecule has 9 unspecified atom stereocenters. The zero-order chi connectivity index (χ0) is 15.6. The maximum atomic E-state index is 2.65. The van der Waals surface area contributed by atoms with Gasteiger partial charge in [0.2, 0.25) is 0 Å². The maximum absolute atomic E-state index is 2.65. The molecule has 0 heteroatoms. The van der Waals surface area contributed by atoms with Gasteiger partial charge in [0.1, 0.15) is 0 Å². The van der Waals surface area contributed by atoms with Crippen LogP contribution in [0.1, 0.15) is 80.6 Å². The molecule has 0 aromatic rings. The van der Waals surface area contributed by atoms with E-state index >= 15 is 0 Å². The SMILES string of the molecule is CCCC1(C)C(C)C1C1CC2(C)C(C)CC(C1C)C2CC. The van der Waals surface area contributed by atoms with Crippen LogP contribution in [-0.4, -0.2) is 0 Å². The Morgan fingerprint density at radius 1 is 1.00 bits per heavy atom. The van der Waals surface area contributed by atoms with Crippen LogP contribution < -0.4 is 0 Å². The Morgan fingerprint density at radius 3 is 2.24 bits per heavy atom. The van der Waals surface area contributed by atoms with Crippen LogP contribution in [0.5, 0.6) is 0 Å². The minimum Gasteiger partial charge on any atom is -0.0654 e. The molecular weight excluding hydrogens is 252 g/mol. The van der Waals surface area contributed by atoms with Gasteiger partial charge in [-0.2, -0.15) is 0 Å². The summed E-state index contributed by atoms with van der Waals surface area (Å²) < 4.78 is 0. The molecule has 0 amide bonds. The third kappa shape index (κ3) is 1.99. The quantitative estimate of drug-likeness (QED) is 0.561. The first kappa shape index (κ1) is 15.9. The van der Waals surface area contributed by atoms with E-state index in [0.717, 1.165) is 41.4 Å². The van der Waals surface area contributed by atoms with E-state index in [4.69, 9.17) is 0 Å². The molecule has 3 aliphatic rings. The lowest BCUT2D eigenvalue weighted by atomic mass is 9.57. The third-order valence-corrected chi connectivity index (χ3v) is 9.06. The van der Waals surface area contributed by atoms with E-state index in [9.17, 15) is 0 Å². The Morgan fingerprint density at radius 2 is 1.67 bits per heavy atom. The Balaban J connectivity index is 1.84. The Hall–Kier alpha value is 0. The molecule has 3 saturated carbocycles. The number of hydrogen-bond donors (Lipinski definition) is 0. The summed E-state index contributed by atoms with van der Waals surface area (Å²) in [6, 6.07) is 0. The lowest BCUT2D eigenvalue weighted by Crippen LogP contribution is -2.41. The summed E-state index contributed by atoms with van der Waals surface area (Å²) in [5.41, 5.74) is 1.32. The van der Waals surface area contributed by atoms with Crippen LogP contribution in [0, 0.1) is 52.3 Å². The van der Waals surface area contributed by atoms with Crippen molar-refractivity contribution in [3.05, 3.63) is 0 Å². The highest BCUT2D eigenvalue weighted by atomic mass is 14.7. The molecule has 0 saturated heterocycles. The standard InChI is InChI=1S/C21H38/c1-8-10-20(6)15(5)19(20)17-12-21(7)13(3)11-16(14(17)4)18(21)9-2/h13-19H,8-12H2,1-7H3. The van der Waals surface area contributed by atoms with E-state index in [0.29, 0.717) is 10.8 Å². The van der Waals surface area contributed by atoms with Gasteiger partial charge in [-0.3, -0.25) is 0 Å². The number of rotatable bonds is 4. The summed E-state index contributed by atoms with van der Waals surface area (Å²) in [5.74, 6) is 6.96. The van der Waals surface area contributed by atoms with Gasteiger partial charge in [-0.1, -0.05) is 61.3 Å². The Kier molecular flexibility index (Phi) is 3.78. The summed E-state index contributed by atoms with van der Waals surface area (Å²) >= 11 is 0. The average Bonchev–Trinajstić information content (AvgIpc) is 2.87. The van der Waals surface area contributed by atoms with Crippen molar-refractivity contribution in [2.75, 3.05) is 0 Å². The fourth-order valence-electron chi connectivity index (χ4n) is 7.50. The van der Waals surface area contributed by atoms with Crippen molar-refractivity contribution >= 4 is 0 Å². The molecule has 0 nitrogen and oxygen atoms in total. The average molecular weight is 291 g/mol. The predicted molar refractivity (Wildman–Crippen MR) is 92.1 cm³/mol. The van der Waals surface area contributed by atoms with Crippen molar-refractivity contribution in [3.63, 3.8) is 0 Å². The molecule has 3 rings (SSSR count). The minimum absolute atomic E-state index is 0.645. The molecule has 0 heterocycles. The fourth-order valence-corrected chi connectivity index (χ4v) is 7.50. The van der Waals surface area contributed by atoms with Gasteiger partial charge in [-0.25, -0.2) is 0 Å². The van der Waals surface area contributed by atoms with E-state index in [1.54, 1.807) is 0 Å². The summed E-state index contributed by atoms with van der Waals surface area (Å²) in [6.07, 6.45) is 7.27. The van der Waals surface area contributed by atoms with E-state index in [2.05, 4.69) is 48.5 Å². The van der Waals surface area contributed by atoms with Gasteiger partial charge in [0.25, 0.3) is 0 Å². The second-order valence-electron chi connectivity index (χ2n) is 9.62. The van der Waals surface area contributed by atoms with Crippen molar-refractivity contribution in [2.24, 2.45) is 52.3 Å². The highest BCUT2D eigenvalue weighted by Crippen LogP contribution is 2.72. The molecule has 122 valence electrons. The summed E-state index contributed by atoms with van der Waals surface area (Å²) in [7, 11) is 0. The summed E-state index contributed by atoms with van der Waals surface area (Å²) in [5, 5.41) is 0. The number of hydrogen-bond acceptors (Lipinski definition) is 0. The highest BCUT2D eigenvalue weighted by Gasteiger charge is 2.66. The largest absolute Gasteiger partial charge is 0.0654 e. The van der Waals surface area contributed by atoms with Crippen LogP contribution >= 0.6 is 0 Å². The van der Waals surface area contributed by atoms with Crippen LogP contribution in [0.2, 0.25) is 0 Å². The van der Waals surface area contributed by atoms with Crippen LogP contribution in [0.3, 0.4) is 0 Å². The van der Waals surface area contributed by atoms with E-state index < -0.39 is 0 Å². The van der Waals surface area contributed by atoms with Gasteiger partial charge < -0.3 is 0 Å². The third-order valence-electron chi connectivity index (χ3n) is 9.06.